The van der Waals surface area contributed by atoms with Crippen LogP contribution < -0.4 is 0 Å². The highest BCUT2D eigenvalue weighted by Gasteiger charge is 2.19. The normalized spacial score (nSPS) is 12.3. The standard InChI is InChI=1S/C75H138O6/c1-4-7-10-13-16-19-22-25-28-31-34-36-38-40-41-44-47-50-53-56-59-62-65-68-74(77)80-71-72(70-79-73(76)67-64-61-58-55-52-49-46-43-33-30-27-24-21-18-15-12-9-6-3)81-75(78)69-66-63-60-57-54-51-48-45-42-39-37-35-32-29-26-23-20-17-14-11-8-5-2/h21-22,24-25,30-31,33-34,72H,4-20,23,26-29,32,35-71H2,1-3H3/b24-21-,25-22-,33-30-,34-31-. The summed E-state index contributed by atoms with van der Waals surface area (Å²) in [6.45, 7) is 6.68. The molecule has 0 N–H and O–H groups in total. The maximum atomic E-state index is 13.0. The van der Waals surface area contributed by atoms with E-state index < -0.39 is 6.10 Å². The number of allylic oxidation sites excluding steroid dienone is 8. The fourth-order valence-electron chi connectivity index (χ4n) is 10.9. The van der Waals surface area contributed by atoms with Gasteiger partial charge in [0, 0.05) is 19.3 Å². The summed E-state index contributed by atoms with van der Waals surface area (Å²) in [5.74, 6) is -0.853. The predicted molar refractivity (Wildman–Crippen MR) is 353 cm³/mol. The lowest BCUT2D eigenvalue weighted by atomic mass is 10.0. The van der Waals surface area contributed by atoms with Gasteiger partial charge in [0.1, 0.15) is 13.2 Å². The van der Waals surface area contributed by atoms with E-state index in [4.69, 9.17) is 14.2 Å². The molecule has 0 aromatic rings. The Hall–Kier alpha value is -2.63. The molecule has 6 heteroatoms. The van der Waals surface area contributed by atoms with Gasteiger partial charge in [-0.15, -0.1) is 0 Å². The first-order chi connectivity index (χ1) is 40.0. The van der Waals surface area contributed by atoms with Crippen LogP contribution in [0.2, 0.25) is 0 Å². The van der Waals surface area contributed by atoms with Crippen LogP contribution >= 0.6 is 0 Å². The van der Waals surface area contributed by atoms with Crippen molar-refractivity contribution in [1.82, 2.24) is 0 Å². The molecule has 1 atom stereocenters. The molecule has 0 aliphatic rings. The SMILES string of the molecule is CCCCCC/C=C\C/C=C\CCCCCCCCCC(=O)OCC(COC(=O)CCCCCCCCCCCCC/C=C\C/C=C\CCCCCCC)OC(=O)CCCCCCCCCCCCCCCCCCCCCCCC. The van der Waals surface area contributed by atoms with Crippen LogP contribution in [0.5, 0.6) is 0 Å². The van der Waals surface area contributed by atoms with Crippen LogP contribution in [0.3, 0.4) is 0 Å². The molecule has 6 nitrogen and oxygen atoms in total. The minimum atomic E-state index is -0.777. The number of hydrogen-bond donors (Lipinski definition) is 0. The van der Waals surface area contributed by atoms with Crippen molar-refractivity contribution in [3.8, 4) is 0 Å². The second-order valence-electron chi connectivity index (χ2n) is 24.5. The topological polar surface area (TPSA) is 78.9 Å². The maximum absolute atomic E-state index is 13.0. The molecule has 0 aromatic carbocycles. The van der Waals surface area contributed by atoms with E-state index in [0.717, 1.165) is 77.0 Å². The highest BCUT2D eigenvalue weighted by Crippen LogP contribution is 2.18. The average molecular weight is 1140 g/mol. The van der Waals surface area contributed by atoms with Crippen molar-refractivity contribution in [2.75, 3.05) is 13.2 Å². The van der Waals surface area contributed by atoms with E-state index in [2.05, 4.69) is 69.4 Å². The summed E-state index contributed by atoms with van der Waals surface area (Å²) in [7, 11) is 0. The number of carbonyl (C=O) groups is 3. The second kappa shape index (κ2) is 69.9. The van der Waals surface area contributed by atoms with Gasteiger partial charge in [-0.1, -0.05) is 339 Å². The molecule has 0 aromatic heterocycles. The van der Waals surface area contributed by atoms with Crippen molar-refractivity contribution in [1.29, 1.82) is 0 Å². The van der Waals surface area contributed by atoms with E-state index >= 15 is 0 Å². The Bertz CT molecular complexity index is 1400. The van der Waals surface area contributed by atoms with Crippen molar-refractivity contribution < 1.29 is 28.6 Å². The molecule has 81 heavy (non-hydrogen) atoms. The Labute approximate surface area is 505 Å². The number of esters is 3. The van der Waals surface area contributed by atoms with Crippen molar-refractivity contribution in [2.45, 2.75) is 399 Å². The molecule has 0 saturated carbocycles. The van der Waals surface area contributed by atoms with Gasteiger partial charge in [-0.2, -0.15) is 0 Å². The van der Waals surface area contributed by atoms with Crippen LogP contribution in [0.1, 0.15) is 393 Å². The zero-order chi connectivity index (χ0) is 58.5. The molecule has 0 heterocycles. The molecule has 0 amide bonds. The lowest BCUT2D eigenvalue weighted by Gasteiger charge is -2.18. The molecule has 0 fully saturated rings. The van der Waals surface area contributed by atoms with Gasteiger partial charge >= 0.3 is 17.9 Å². The molecule has 0 rings (SSSR count). The third kappa shape index (κ3) is 68.0. The molecule has 0 radical (unpaired) electrons. The van der Waals surface area contributed by atoms with E-state index in [9.17, 15) is 14.4 Å². The van der Waals surface area contributed by atoms with Gasteiger partial charge in [-0.3, -0.25) is 14.4 Å². The van der Waals surface area contributed by atoms with Crippen molar-refractivity contribution >= 4 is 17.9 Å². The van der Waals surface area contributed by atoms with Crippen LogP contribution in [0.15, 0.2) is 48.6 Å². The van der Waals surface area contributed by atoms with Crippen LogP contribution in [0.25, 0.3) is 0 Å². The Balaban J connectivity index is 4.32. The first kappa shape index (κ1) is 78.4. The Morgan fingerprint density at radius 3 is 0.691 bits per heavy atom. The maximum Gasteiger partial charge on any atom is 0.306 e. The molecular weight excluding hydrogens is 997 g/mol. The van der Waals surface area contributed by atoms with Crippen molar-refractivity contribution in [3.63, 3.8) is 0 Å². The summed E-state index contributed by atoms with van der Waals surface area (Å²) in [6.07, 6.45) is 88.5. The van der Waals surface area contributed by atoms with Crippen molar-refractivity contribution in [2.24, 2.45) is 0 Å². The fourth-order valence-corrected chi connectivity index (χ4v) is 10.9. The fraction of sp³-hybridized carbons (Fsp3) is 0.853. The molecule has 0 aliphatic carbocycles. The third-order valence-electron chi connectivity index (χ3n) is 16.3. The lowest BCUT2D eigenvalue weighted by Crippen LogP contribution is -2.30. The van der Waals surface area contributed by atoms with Gasteiger partial charge in [0.2, 0.25) is 0 Å². The van der Waals surface area contributed by atoms with E-state index in [1.165, 1.54) is 276 Å². The second-order valence-corrected chi connectivity index (χ2v) is 24.5. The monoisotopic (exact) mass is 1140 g/mol. The number of ether oxygens (including phenoxy) is 3. The minimum absolute atomic E-state index is 0.0725. The van der Waals surface area contributed by atoms with Crippen LogP contribution in [-0.4, -0.2) is 37.2 Å². The molecule has 0 spiro atoms. The molecule has 0 aliphatic heterocycles. The summed E-state index contributed by atoms with van der Waals surface area (Å²) in [6, 6.07) is 0. The smallest absolute Gasteiger partial charge is 0.306 e. The third-order valence-corrected chi connectivity index (χ3v) is 16.3. The van der Waals surface area contributed by atoms with Crippen LogP contribution in [-0.2, 0) is 28.6 Å². The van der Waals surface area contributed by atoms with Crippen LogP contribution in [0.4, 0.5) is 0 Å². The van der Waals surface area contributed by atoms with Gasteiger partial charge in [0.15, 0.2) is 6.10 Å². The predicted octanol–water partition coefficient (Wildman–Crippen LogP) is 24.9. The van der Waals surface area contributed by atoms with E-state index in [1.807, 2.05) is 0 Å². The Kier molecular flexibility index (Phi) is 67.6. The zero-order valence-corrected chi connectivity index (χ0v) is 54.6. The van der Waals surface area contributed by atoms with E-state index in [1.54, 1.807) is 0 Å². The summed E-state index contributed by atoms with van der Waals surface area (Å²) in [5, 5.41) is 0. The van der Waals surface area contributed by atoms with Crippen LogP contribution in [0, 0.1) is 0 Å². The van der Waals surface area contributed by atoms with Crippen molar-refractivity contribution in [3.05, 3.63) is 48.6 Å². The Morgan fingerprint density at radius 2 is 0.444 bits per heavy atom. The summed E-state index contributed by atoms with van der Waals surface area (Å²) >= 11 is 0. The van der Waals surface area contributed by atoms with Gasteiger partial charge in [-0.25, -0.2) is 0 Å². The number of hydrogen-bond acceptors (Lipinski definition) is 6. The first-order valence-corrected chi connectivity index (χ1v) is 36.1. The molecule has 474 valence electrons. The number of carbonyl (C=O) groups excluding carboxylic acids is 3. The number of rotatable bonds is 67. The van der Waals surface area contributed by atoms with Gasteiger partial charge in [0.25, 0.3) is 0 Å². The highest BCUT2D eigenvalue weighted by atomic mass is 16.6. The van der Waals surface area contributed by atoms with Gasteiger partial charge in [0.05, 0.1) is 0 Å². The van der Waals surface area contributed by atoms with Gasteiger partial charge < -0.3 is 14.2 Å². The quantitative estimate of drug-likeness (QED) is 0.0261. The zero-order valence-electron chi connectivity index (χ0n) is 54.6. The Morgan fingerprint density at radius 1 is 0.247 bits per heavy atom. The van der Waals surface area contributed by atoms with E-state index in [-0.39, 0.29) is 31.1 Å². The molecule has 0 saturated heterocycles. The lowest BCUT2D eigenvalue weighted by molar-refractivity contribution is -0.167. The first-order valence-electron chi connectivity index (χ1n) is 36.1. The molecule has 0 bridgehead atoms. The average Bonchev–Trinajstić information content (AvgIpc) is 3.47. The van der Waals surface area contributed by atoms with Gasteiger partial charge in [-0.05, 0) is 83.5 Å². The summed E-state index contributed by atoms with van der Waals surface area (Å²) in [4.78, 5) is 38.5. The molecular formula is C75H138O6. The highest BCUT2D eigenvalue weighted by molar-refractivity contribution is 5.71. The minimum Gasteiger partial charge on any atom is -0.462 e. The largest absolute Gasteiger partial charge is 0.462 e. The summed E-state index contributed by atoms with van der Waals surface area (Å²) < 4.78 is 17.0. The molecule has 1 unspecified atom stereocenters. The van der Waals surface area contributed by atoms with E-state index in [0.29, 0.717) is 19.3 Å². The summed E-state index contributed by atoms with van der Waals surface area (Å²) in [5.41, 5.74) is 0. The number of unbranched alkanes of at least 4 members (excludes halogenated alkanes) is 48.